The van der Waals surface area contributed by atoms with Gasteiger partial charge in [0.05, 0.1) is 45.0 Å². The summed E-state index contributed by atoms with van der Waals surface area (Å²) >= 11 is 0. The molecule has 0 spiro atoms. The van der Waals surface area contributed by atoms with Crippen molar-refractivity contribution < 1.29 is 48.7 Å². The number of nitrogens with one attached hydrogen (secondary N) is 1. The Hall–Kier alpha value is -3.32. The first kappa shape index (κ1) is 37.7. The van der Waals surface area contributed by atoms with Crippen molar-refractivity contribution in [3.05, 3.63) is 33.9 Å². The van der Waals surface area contributed by atoms with E-state index in [0.717, 1.165) is 12.0 Å². The van der Waals surface area contributed by atoms with E-state index in [-0.39, 0.29) is 37.4 Å². The van der Waals surface area contributed by atoms with Crippen LogP contribution in [0, 0.1) is 33.8 Å². The number of aliphatic hydroxyl groups is 1. The number of aliphatic hydroxyl groups excluding tert-OH is 1. The maximum Gasteiger partial charge on any atom is 0.407 e. The third-order valence-corrected chi connectivity index (χ3v) is 7.33. The molecular weight excluding hydrogens is 564 g/mol. The maximum atomic E-state index is 12.7. The van der Waals surface area contributed by atoms with Gasteiger partial charge in [0.2, 0.25) is 0 Å². The highest BCUT2D eigenvalue weighted by Crippen LogP contribution is 2.32. The lowest BCUT2D eigenvalue weighted by molar-refractivity contribution is -0.757. The molecule has 13 heteroatoms. The van der Waals surface area contributed by atoms with Crippen molar-refractivity contribution in [2.75, 3.05) is 40.6 Å². The van der Waals surface area contributed by atoms with Gasteiger partial charge in [-0.15, -0.1) is 10.1 Å². The Morgan fingerprint density at radius 1 is 0.953 bits per heavy atom. The summed E-state index contributed by atoms with van der Waals surface area (Å²) in [4.78, 5) is 39.0. The van der Waals surface area contributed by atoms with Crippen molar-refractivity contribution in [2.45, 2.75) is 78.4 Å². The Kier molecular flexibility index (Phi) is 18.0. The Morgan fingerprint density at radius 2 is 1.65 bits per heavy atom. The fraction of sp³-hybridized carbons (Fsp3) is 0.733. The van der Waals surface area contributed by atoms with Gasteiger partial charge in [0.25, 0.3) is 5.09 Å². The fourth-order valence-corrected chi connectivity index (χ4v) is 4.66. The number of carbonyl (C=O) groups is 2. The quantitative estimate of drug-likeness (QED) is 0.0898. The fourth-order valence-electron chi connectivity index (χ4n) is 4.66. The monoisotopic (exact) mass is 614 g/mol. The minimum atomic E-state index is -1.14. The molecule has 0 aliphatic heterocycles. The van der Waals surface area contributed by atoms with Crippen LogP contribution in [0.3, 0.4) is 0 Å². The summed E-state index contributed by atoms with van der Waals surface area (Å²) in [5, 5.41) is 33.0. The number of hydrogen-bond donors (Lipinski definition) is 3. The van der Waals surface area contributed by atoms with E-state index in [2.05, 4.69) is 24.0 Å². The topological polar surface area (TPSA) is 176 Å². The molecule has 0 radical (unpaired) electrons. The molecule has 1 aromatic rings. The largest absolute Gasteiger partial charge is 0.493 e. The van der Waals surface area contributed by atoms with Crippen LogP contribution in [0.25, 0.3) is 0 Å². The second-order valence-corrected chi connectivity index (χ2v) is 11.3. The summed E-state index contributed by atoms with van der Waals surface area (Å²) in [7, 11) is 3.21. The number of aliphatic carboxylic acids is 1. The predicted molar refractivity (Wildman–Crippen MR) is 159 cm³/mol. The molecule has 3 N–H and O–H groups in total. The molecule has 0 unspecified atom stereocenters. The molecule has 246 valence electrons. The zero-order chi connectivity index (χ0) is 32.4. The van der Waals surface area contributed by atoms with Gasteiger partial charge in [-0.3, -0.25) is 4.79 Å². The van der Waals surface area contributed by atoms with Crippen LogP contribution < -0.4 is 14.8 Å². The van der Waals surface area contributed by atoms with Crippen molar-refractivity contribution in [1.29, 1.82) is 0 Å². The van der Waals surface area contributed by atoms with Gasteiger partial charge in [-0.05, 0) is 67.6 Å². The Bertz CT molecular complexity index is 973. The number of carboxylic acid groups (broad SMARTS) is 1. The average Bonchev–Trinajstić information content (AvgIpc) is 2.94. The summed E-state index contributed by atoms with van der Waals surface area (Å²) in [6.07, 6.45) is 0.443. The van der Waals surface area contributed by atoms with Crippen molar-refractivity contribution in [1.82, 2.24) is 5.32 Å². The molecule has 0 saturated carbocycles. The van der Waals surface area contributed by atoms with Gasteiger partial charge < -0.3 is 39.3 Å². The van der Waals surface area contributed by atoms with Gasteiger partial charge in [-0.2, -0.15) is 0 Å². The van der Waals surface area contributed by atoms with E-state index in [1.807, 2.05) is 18.2 Å². The first-order valence-electron chi connectivity index (χ1n) is 14.8. The van der Waals surface area contributed by atoms with Crippen molar-refractivity contribution in [2.24, 2.45) is 23.7 Å². The second-order valence-electron chi connectivity index (χ2n) is 11.3. The number of unbranched alkanes of at least 4 members (excludes halogenated alkanes) is 1. The van der Waals surface area contributed by atoms with Crippen LogP contribution in [0.1, 0.15) is 65.4 Å². The first-order chi connectivity index (χ1) is 20.4. The molecule has 1 rings (SSSR count). The van der Waals surface area contributed by atoms with Crippen molar-refractivity contribution >= 4 is 12.1 Å². The number of ether oxygens (including phenoxy) is 4. The third kappa shape index (κ3) is 15.1. The average molecular weight is 615 g/mol. The smallest absolute Gasteiger partial charge is 0.407 e. The highest BCUT2D eigenvalue weighted by atomic mass is 16.9. The van der Waals surface area contributed by atoms with Gasteiger partial charge >= 0.3 is 12.1 Å². The number of carboxylic acids is 1. The van der Waals surface area contributed by atoms with Crippen LogP contribution in [-0.2, 0) is 25.5 Å². The summed E-state index contributed by atoms with van der Waals surface area (Å²) in [6.45, 7) is 8.61. The molecule has 4 atom stereocenters. The number of rotatable bonds is 23. The number of carbonyl (C=O) groups excluding carboxylic acids is 1. The van der Waals surface area contributed by atoms with Crippen LogP contribution in [0.2, 0.25) is 0 Å². The minimum Gasteiger partial charge on any atom is -0.493 e. The van der Waals surface area contributed by atoms with Crippen molar-refractivity contribution in [3.63, 3.8) is 0 Å². The van der Waals surface area contributed by atoms with Crippen LogP contribution in [-0.4, -0.2) is 80.2 Å². The van der Waals surface area contributed by atoms with Gasteiger partial charge in [0.1, 0.15) is 0 Å². The van der Waals surface area contributed by atoms with E-state index in [4.69, 9.17) is 18.9 Å². The Labute approximate surface area is 254 Å². The molecule has 43 heavy (non-hydrogen) atoms. The van der Waals surface area contributed by atoms with Gasteiger partial charge in [-0.1, -0.05) is 33.8 Å². The molecule has 0 heterocycles. The standard InChI is InChI=1S/C30H50N2O11/c1-20(2)23(16-22-10-11-27(40-6)28(17-22)41-14-9-12-39-5)18-25(26(33)19-24(21(3)4)29(34)35)31-30(36)42-13-7-8-15-43-32(37)38/h10-11,17,20-21,23-26,33H,7-9,12-16,18-19H2,1-6H3,(H,31,36)(H,34,35)/t23-,24-,25-,26-/m0/s1. The number of alkyl carbamates (subject to hydrolysis) is 1. The zero-order valence-electron chi connectivity index (χ0n) is 26.3. The lowest BCUT2D eigenvalue weighted by atomic mass is 9.80. The van der Waals surface area contributed by atoms with Crippen LogP contribution >= 0.6 is 0 Å². The number of methoxy groups -OCH3 is 2. The summed E-state index contributed by atoms with van der Waals surface area (Å²) < 4.78 is 21.7. The summed E-state index contributed by atoms with van der Waals surface area (Å²) in [6, 6.07) is 4.94. The SMILES string of the molecule is COCCCOc1cc(C[C@@H](C[C@H](NC(=O)OCCCCO[N+](=O)[O-])[C@@H](O)C[C@H](C(=O)O)C(C)C)C(C)C)ccc1OC. The van der Waals surface area contributed by atoms with E-state index >= 15 is 0 Å². The molecule has 0 aliphatic carbocycles. The molecular formula is C30H50N2O11. The summed E-state index contributed by atoms with van der Waals surface area (Å²) in [5.41, 5.74) is 0.986. The number of amides is 1. The van der Waals surface area contributed by atoms with E-state index in [0.29, 0.717) is 50.4 Å². The second kappa shape index (κ2) is 20.6. The molecule has 1 aromatic carbocycles. The predicted octanol–water partition coefficient (Wildman–Crippen LogP) is 4.51. The molecule has 0 bridgehead atoms. The molecule has 0 saturated heterocycles. The Balaban J connectivity index is 3.05. The van der Waals surface area contributed by atoms with Gasteiger partial charge in [0, 0.05) is 20.1 Å². The van der Waals surface area contributed by atoms with Gasteiger partial charge in [-0.25, -0.2) is 4.79 Å². The number of nitrogens with zero attached hydrogens (tertiary/aromatic N) is 1. The maximum absolute atomic E-state index is 12.7. The zero-order valence-corrected chi connectivity index (χ0v) is 26.3. The lowest BCUT2D eigenvalue weighted by Gasteiger charge is -2.32. The number of hydrogen-bond acceptors (Lipinski definition) is 10. The highest BCUT2D eigenvalue weighted by Gasteiger charge is 2.32. The van der Waals surface area contributed by atoms with E-state index in [1.165, 1.54) is 0 Å². The van der Waals surface area contributed by atoms with E-state index < -0.39 is 35.2 Å². The third-order valence-electron chi connectivity index (χ3n) is 7.33. The molecule has 0 aromatic heterocycles. The minimum absolute atomic E-state index is 0.00343. The Morgan fingerprint density at radius 3 is 2.23 bits per heavy atom. The normalized spacial score (nSPS) is 14.1. The van der Waals surface area contributed by atoms with E-state index in [1.54, 1.807) is 28.1 Å². The molecule has 13 nitrogen and oxygen atoms in total. The van der Waals surface area contributed by atoms with Gasteiger partial charge in [0.15, 0.2) is 11.5 Å². The molecule has 0 aliphatic rings. The first-order valence-corrected chi connectivity index (χ1v) is 14.8. The van der Waals surface area contributed by atoms with Crippen LogP contribution in [0.15, 0.2) is 18.2 Å². The van der Waals surface area contributed by atoms with E-state index in [9.17, 15) is 29.9 Å². The van der Waals surface area contributed by atoms with Crippen LogP contribution in [0.5, 0.6) is 11.5 Å². The van der Waals surface area contributed by atoms with Crippen molar-refractivity contribution in [3.8, 4) is 11.5 Å². The molecule has 1 amide bonds. The highest BCUT2D eigenvalue weighted by molar-refractivity contribution is 5.70. The lowest BCUT2D eigenvalue weighted by Crippen LogP contribution is -2.47. The number of benzene rings is 1. The van der Waals surface area contributed by atoms with Crippen LogP contribution in [0.4, 0.5) is 4.79 Å². The molecule has 0 fully saturated rings. The summed E-state index contributed by atoms with van der Waals surface area (Å²) in [5.74, 6) is -0.652.